The first-order chi connectivity index (χ1) is 11.2. The highest BCUT2D eigenvalue weighted by Gasteiger charge is 2.13. The molecule has 0 spiro atoms. The van der Waals surface area contributed by atoms with Gasteiger partial charge in [0.25, 0.3) is 0 Å². The van der Waals surface area contributed by atoms with Crippen molar-refractivity contribution < 1.29 is 9.21 Å². The van der Waals surface area contributed by atoms with Gasteiger partial charge in [-0.2, -0.15) is 0 Å². The number of carbonyl (C=O) groups is 1. The topological polar surface area (TPSA) is 68.0 Å². The van der Waals surface area contributed by atoms with Crippen molar-refractivity contribution in [2.75, 3.05) is 11.1 Å². The number of hydrogen-bond donors (Lipinski definition) is 1. The van der Waals surface area contributed by atoms with Crippen LogP contribution in [0.4, 0.5) is 5.13 Å². The highest BCUT2D eigenvalue weighted by atomic mass is 32.2. The van der Waals surface area contributed by atoms with E-state index in [9.17, 15) is 4.79 Å². The summed E-state index contributed by atoms with van der Waals surface area (Å²) in [6.45, 7) is 5.67. The Hall–Kier alpha value is -2.12. The molecule has 0 saturated heterocycles. The molecule has 5 nitrogen and oxygen atoms in total. The lowest BCUT2D eigenvalue weighted by Gasteiger charge is -1.99. The third-order valence-electron chi connectivity index (χ3n) is 3.14. The number of anilines is 1. The molecule has 0 aliphatic carbocycles. The van der Waals surface area contributed by atoms with Crippen molar-refractivity contribution in [3.05, 3.63) is 48.2 Å². The lowest BCUT2D eigenvalue weighted by Crippen LogP contribution is -2.13. The van der Waals surface area contributed by atoms with Gasteiger partial charge in [-0.15, -0.1) is 16.8 Å². The van der Waals surface area contributed by atoms with E-state index in [0.29, 0.717) is 5.13 Å². The van der Waals surface area contributed by atoms with Gasteiger partial charge in [-0.3, -0.25) is 4.79 Å². The van der Waals surface area contributed by atoms with Crippen molar-refractivity contribution in [1.82, 2.24) is 10.2 Å². The molecule has 1 N–H and O–H groups in total. The van der Waals surface area contributed by atoms with Gasteiger partial charge in [0.2, 0.25) is 11.0 Å². The molecule has 0 atom stereocenters. The Morgan fingerprint density at radius 1 is 1.48 bits per heavy atom. The second-order valence-corrected chi connectivity index (χ2v) is 7.20. The fourth-order valence-electron chi connectivity index (χ4n) is 2.11. The predicted molar refractivity (Wildman–Crippen MR) is 94.1 cm³/mol. The summed E-state index contributed by atoms with van der Waals surface area (Å²) in [5, 5.41) is 12.2. The Balaban J connectivity index is 1.66. The van der Waals surface area contributed by atoms with Gasteiger partial charge >= 0.3 is 0 Å². The standard InChI is InChI=1S/C16H15N3O2S2/c1-3-6-22-16-19-18-15(23-16)17-14(20)8-11-9-21-13-7-10(2)4-5-12(11)13/h3-5,7,9H,1,6,8H2,2H3,(H,17,18,20). The van der Waals surface area contributed by atoms with Crippen molar-refractivity contribution in [2.24, 2.45) is 0 Å². The average Bonchev–Trinajstić information content (AvgIpc) is 3.12. The molecule has 3 aromatic rings. The number of nitrogens with one attached hydrogen (secondary N) is 1. The summed E-state index contributed by atoms with van der Waals surface area (Å²) in [4.78, 5) is 12.2. The predicted octanol–water partition coefficient (Wildman–Crippen LogP) is 4.05. The second-order valence-electron chi connectivity index (χ2n) is 4.96. The van der Waals surface area contributed by atoms with Gasteiger partial charge in [0.1, 0.15) is 5.58 Å². The van der Waals surface area contributed by atoms with Crippen molar-refractivity contribution in [1.29, 1.82) is 0 Å². The molecule has 0 bridgehead atoms. The van der Waals surface area contributed by atoms with Crippen LogP contribution >= 0.6 is 23.1 Å². The van der Waals surface area contributed by atoms with Crippen LogP contribution in [0.1, 0.15) is 11.1 Å². The number of rotatable bonds is 6. The molecule has 0 aliphatic heterocycles. The van der Waals surface area contributed by atoms with Gasteiger partial charge in [0.05, 0.1) is 12.7 Å². The van der Waals surface area contributed by atoms with Crippen LogP contribution in [-0.4, -0.2) is 21.9 Å². The van der Waals surface area contributed by atoms with E-state index in [1.807, 2.05) is 25.1 Å². The molecular weight excluding hydrogens is 330 g/mol. The van der Waals surface area contributed by atoms with Crippen LogP contribution in [0.15, 0.2) is 45.9 Å². The highest BCUT2D eigenvalue weighted by molar-refractivity contribution is 8.01. The van der Waals surface area contributed by atoms with Gasteiger partial charge in [0.15, 0.2) is 4.34 Å². The molecule has 7 heteroatoms. The quantitative estimate of drug-likeness (QED) is 0.415. The summed E-state index contributed by atoms with van der Waals surface area (Å²) in [7, 11) is 0. The molecule has 2 heterocycles. The average molecular weight is 345 g/mol. The van der Waals surface area contributed by atoms with Crippen molar-refractivity contribution in [3.63, 3.8) is 0 Å². The van der Waals surface area contributed by atoms with Crippen LogP contribution in [0, 0.1) is 6.92 Å². The molecule has 0 radical (unpaired) electrons. The molecule has 0 saturated carbocycles. The molecule has 1 aromatic carbocycles. The largest absolute Gasteiger partial charge is 0.464 e. The number of aromatic nitrogens is 2. The molecule has 0 aliphatic rings. The van der Waals surface area contributed by atoms with Crippen molar-refractivity contribution in [3.8, 4) is 0 Å². The number of thioether (sulfide) groups is 1. The van der Waals surface area contributed by atoms with Gasteiger partial charge in [-0.25, -0.2) is 0 Å². The summed E-state index contributed by atoms with van der Waals surface area (Å²) in [6.07, 6.45) is 3.68. The SMILES string of the molecule is C=CCSc1nnc(NC(=O)Cc2coc3cc(C)ccc23)s1. The van der Waals surface area contributed by atoms with Gasteiger partial charge < -0.3 is 9.73 Å². The van der Waals surface area contributed by atoms with Crippen LogP contribution in [0.2, 0.25) is 0 Å². The van der Waals surface area contributed by atoms with E-state index in [1.54, 1.807) is 12.3 Å². The smallest absolute Gasteiger partial charge is 0.230 e. The number of fused-ring (bicyclic) bond motifs is 1. The minimum atomic E-state index is -0.135. The van der Waals surface area contributed by atoms with Gasteiger partial charge in [-0.1, -0.05) is 41.3 Å². The summed E-state index contributed by atoms with van der Waals surface area (Å²) in [5.41, 5.74) is 2.79. The molecule has 23 heavy (non-hydrogen) atoms. The second kappa shape index (κ2) is 6.97. The number of benzene rings is 1. The molecule has 0 unspecified atom stereocenters. The third kappa shape index (κ3) is 3.80. The fraction of sp³-hybridized carbons (Fsp3) is 0.188. The van der Waals surface area contributed by atoms with E-state index in [1.165, 1.54) is 23.1 Å². The first-order valence-corrected chi connectivity index (χ1v) is 8.79. The highest BCUT2D eigenvalue weighted by Crippen LogP contribution is 2.26. The number of aryl methyl sites for hydroxylation is 1. The lowest BCUT2D eigenvalue weighted by atomic mass is 10.1. The first-order valence-electron chi connectivity index (χ1n) is 6.99. The Labute approximate surface area is 141 Å². The summed E-state index contributed by atoms with van der Waals surface area (Å²) in [6, 6.07) is 5.95. The lowest BCUT2D eigenvalue weighted by molar-refractivity contribution is -0.115. The number of furan rings is 1. The molecule has 1 amide bonds. The Morgan fingerprint density at radius 3 is 3.17 bits per heavy atom. The van der Waals surface area contributed by atoms with Gasteiger partial charge in [0, 0.05) is 16.7 Å². The number of amides is 1. The maximum Gasteiger partial charge on any atom is 0.230 e. The zero-order valence-corrected chi connectivity index (χ0v) is 14.2. The van der Waals surface area contributed by atoms with Crippen LogP contribution in [0.25, 0.3) is 11.0 Å². The number of hydrogen-bond acceptors (Lipinski definition) is 6. The summed E-state index contributed by atoms with van der Waals surface area (Å²) < 4.78 is 6.32. The van der Waals surface area contributed by atoms with Crippen molar-refractivity contribution >= 4 is 45.1 Å². The maximum atomic E-state index is 12.2. The van der Waals surface area contributed by atoms with E-state index in [-0.39, 0.29) is 12.3 Å². The van der Waals surface area contributed by atoms with Crippen LogP contribution in [0.5, 0.6) is 0 Å². The number of nitrogens with zero attached hydrogens (tertiary/aromatic N) is 2. The van der Waals surface area contributed by atoms with E-state index < -0.39 is 0 Å². The maximum absolute atomic E-state index is 12.2. The van der Waals surface area contributed by atoms with Crippen molar-refractivity contribution in [2.45, 2.75) is 17.7 Å². The Morgan fingerprint density at radius 2 is 2.35 bits per heavy atom. The minimum Gasteiger partial charge on any atom is -0.464 e. The van der Waals surface area contributed by atoms with E-state index in [0.717, 1.165) is 32.2 Å². The van der Waals surface area contributed by atoms with Crippen LogP contribution < -0.4 is 5.32 Å². The number of carbonyl (C=O) groups excluding carboxylic acids is 1. The minimum absolute atomic E-state index is 0.135. The molecule has 118 valence electrons. The van der Waals surface area contributed by atoms with Gasteiger partial charge in [-0.05, 0) is 18.6 Å². The summed E-state index contributed by atoms with van der Waals surface area (Å²) >= 11 is 2.89. The zero-order chi connectivity index (χ0) is 16.2. The van der Waals surface area contributed by atoms with E-state index >= 15 is 0 Å². The normalized spacial score (nSPS) is 10.8. The first kappa shape index (κ1) is 15.8. The Kier molecular flexibility index (Phi) is 4.78. The Bertz CT molecular complexity index is 854. The molecule has 3 rings (SSSR count). The molecule has 0 fully saturated rings. The van der Waals surface area contributed by atoms with Crippen LogP contribution in [-0.2, 0) is 11.2 Å². The monoisotopic (exact) mass is 345 g/mol. The van der Waals surface area contributed by atoms with E-state index in [4.69, 9.17) is 4.42 Å². The molecular formula is C16H15N3O2S2. The zero-order valence-electron chi connectivity index (χ0n) is 12.5. The third-order valence-corrected chi connectivity index (χ3v) is 5.11. The molecule has 2 aromatic heterocycles. The summed E-state index contributed by atoms with van der Waals surface area (Å²) in [5.74, 6) is 0.632. The van der Waals surface area contributed by atoms with E-state index in [2.05, 4.69) is 22.1 Å². The van der Waals surface area contributed by atoms with Crippen LogP contribution in [0.3, 0.4) is 0 Å². The fourth-order valence-corrected chi connectivity index (χ4v) is 3.64.